The Morgan fingerprint density at radius 2 is 2.10 bits per heavy atom. The molecule has 1 aliphatic heterocycles. The first kappa shape index (κ1) is 21.7. The zero-order chi connectivity index (χ0) is 21.8. The van der Waals surface area contributed by atoms with Crippen molar-refractivity contribution >= 4 is 44.5 Å². The molecule has 1 aromatic heterocycles. The molecule has 0 saturated heterocycles. The van der Waals surface area contributed by atoms with Crippen molar-refractivity contribution in [3.8, 4) is 5.75 Å². The summed E-state index contributed by atoms with van der Waals surface area (Å²) in [7, 11) is 0. The Kier molecular flexibility index (Phi) is 6.85. The van der Waals surface area contributed by atoms with E-state index in [2.05, 4.69) is 50.1 Å². The molecule has 7 heteroatoms. The lowest BCUT2D eigenvalue weighted by molar-refractivity contribution is 0.0526. The number of thiophene rings is 1. The SMILES string of the molecule is CCOC(=O)c1c(N=Cc2cc(Br)ccc2O)sc2c1CCN(Cc1ccccc1)C2. The van der Waals surface area contributed by atoms with Crippen LogP contribution in [0.15, 0.2) is 58.0 Å². The molecule has 0 aliphatic carbocycles. The highest BCUT2D eigenvalue weighted by Gasteiger charge is 2.28. The fourth-order valence-electron chi connectivity index (χ4n) is 3.68. The summed E-state index contributed by atoms with van der Waals surface area (Å²) in [6.45, 7) is 4.65. The fourth-order valence-corrected chi connectivity index (χ4v) is 5.28. The Bertz CT molecular complexity index is 1110. The van der Waals surface area contributed by atoms with Crippen LogP contribution in [0.1, 0.15) is 38.8 Å². The second-order valence-corrected chi connectivity index (χ2v) is 9.31. The van der Waals surface area contributed by atoms with Crippen LogP contribution in [-0.4, -0.2) is 35.3 Å². The topological polar surface area (TPSA) is 62.1 Å². The van der Waals surface area contributed by atoms with Gasteiger partial charge in [0, 0.05) is 40.8 Å². The number of rotatable bonds is 6. The van der Waals surface area contributed by atoms with Gasteiger partial charge in [0.25, 0.3) is 0 Å². The summed E-state index contributed by atoms with van der Waals surface area (Å²) >= 11 is 4.94. The van der Waals surface area contributed by atoms with E-state index in [1.165, 1.54) is 16.9 Å². The summed E-state index contributed by atoms with van der Waals surface area (Å²) < 4.78 is 6.18. The normalized spacial score (nSPS) is 14.0. The van der Waals surface area contributed by atoms with Crippen LogP contribution >= 0.6 is 27.3 Å². The van der Waals surface area contributed by atoms with Gasteiger partial charge in [-0.3, -0.25) is 4.90 Å². The lowest BCUT2D eigenvalue weighted by atomic mass is 10.0. The van der Waals surface area contributed by atoms with E-state index in [1.54, 1.807) is 31.3 Å². The van der Waals surface area contributed by atoms with E-state index in [-0.39, 0.29) is 11.7 Å². The molecule has 2 aromatic carbocycles. The second kappa shape index (κ2) is 9.77. The van der Waals surface area contributed by atoms with Crippen LogP contribution in [0.2, 0.25) is 0 Å². The summed E-state index contributed by atoms with van der Waals surface area (Å²) in [4.78, 5) is 20.9. The zero-order valence-electron chi connectivity index (χ0n) is 17.2. The molecule has 4 rings (SSSR count). The maximum absolute atomic E-state index is 12.7. The van der Waals surface area contributed by atoms with Crippen LogP contribution in [-0.2, 0) is 24.2 Å². The number of carbonyl (C=O) groups excluding carboxylic acids is 1. The molecule has 0 unspecified atom stereocenters. The van der Waals surface area contributed by atoms with E-state index >= 15 is 0 Å². The average Bonchev–Trinajstić information content (AvgIpc) is 3.13. The molecule has 1 N–H and O–H groups in total. The summed E-state index contributed by atoms with van der Waals surface area (Å²) in [5.41, 5.74) is 3.46. The fraction of sp³-hybridized carbons (Fsp3) is 0.250. The van der Waals surface area contributed by atoms with Gasteiger partial charge in [-0.05, 0) is 42.7 Å². The van der Waals surface area contributed by atoms with E-state index in [0.717, 1.165) is 41.0 Å². The first-order valence-corrected chi connectivity index (χ1v) is 11.8. The second-order valence-electron chi connectivity index (χ2n) is 7.31. The molecule has 0 amide bonds. The van der Waals surface area contributed by atoms with Crippen molar-refractivity contribution in [3.63, 3.8) is 0 Å². The molecule has 1 aliphatic rings. The van der Waals surface area contributed by atoms with Gasteiger partial charge in [-0.1, -0.05) is 46.3 Å². The summed E-state index contributed by atoms with van der Waals surface area (Å²) in [5, 5.41) is 10.7. The number of hydrogen-bond donors (Lipinski definition) is 1. The predicted molar refractivity (Wildman–Crippen MR) is 128 cm³/mol. The third-order valence-electron chi connectivity index (χ3n) is 5.16. The molecule has 0 spiro atoms. The maximum Gasteiger partial charge on any atom is 0.341 e. The molecule has 3 aromatic rings. The van der Waals surface area contributed by atoms with E-state index in [0.29, 0.717) is 22.7 Å². The number of aliphatic imine (C=N–C) groups is 1. The minimum absolute atomic E-state index is 0.139. The summed E-state index contributed by atoms with van der Waals surface area (Å²) in [5.74, 6) is -0.192. The number of esters is 1. The Morgan fingerprint density at radius 1 is 1.29 bits per heavy atom. The molecule has 0 radical (unpaired) electrons. The Labute approximate surface area is 194 Å². The predicted octanol–water partition coefficient (Wildman–Crippen LogP) is 5.70. The van der Waals surface area contributed by atoms with Crippen molar-refractivity contribution in [2.45, 2.75) is 26.4 Å². The number of benzene rings is 2. The first-order chi connectivity index (χ1) is 15.0. The Hall–Kier alpha value is -2.48. The number of halogens is 1. The van der Waals surface area contributed by atoms with Crippen LogP contribution in [0.4, 0.5) is 5.00 Å². The third kappa shape index (κ3) is 5.06. The van der Waals surface area contributed by atoms with Crippen LogP contribution in [0.3, 0.4) is 0 Å². The lowest BCUT2D eigenvalue weighted by Crippen LogP contribution is -2.29. The molecule has 5 nitrogen and oxygen atoms in total. The van der Waals surface area contributed by atoms with Crippen molar-refractivity contribution in [1.82, 2.24) is 4.90 Å². The Morgan fingerprint density at radius 3 is 2.87 bits per heavy atom. The number of fused-ring (bicyclic) bond motifs is 1. The number of hydrogen-bond acceptors (Lipinski definition) is 6. The molecule has 0 fully saturated rings. The minimum atomic E-state index is -0.331. The molecule has 2 heterocycles. The smallest absolute Gasteiger partial charge is 0.341 e. The van der Waals surface area contributed by atoms with Gasteiger partial charge in [-0.2, -0.15) is 0 Å². The van der Waals surface area contributed by atoms with Crippen molar-refractivity contribution in [2.24, 2.45) is 4.99 Å². The van der Waals surface area contributed by atoms with Gasteiger partial charge < -0.3 is 9.84 Å². The minimum Gasteiger partial charge on any atom is -0.507 e. The summed E-state index contributed by atoms with van der Waals surface area (Å²) in [6.07, 6.45) is 2.38. The summed E-state index contributed by atoms with van der Waals surface area (Å²) in [6, 6.07) is 15.6. The van der Waals surface area contributed by atoms with Gasteiger partial charge in [-0.25, -0.2) is 9.79 Å². The number of aromatic hydroxyl groups is 1. The molecule has 0 atom stereocenters. The van der Waals surface area contributed by atoms with Crippen LogP contribution < -0.4 is 0 Å². The number of phenolic OH excluding ortho intramolecular Hbond substituents is 1. The number of carbonyl (C=O) groups is 1. The largest absolute Gasteiger partial charge is 0.507 e. The van der Waals surface area contributed by atoms with Gasteiger partial charge in [0.1, 0.15) is 10.8 Å². The quantitative estimate of drug-likeness (QED) is 0.349. The number of nitrogens with zero attached hydrogens (tertiary/aromatic N) is 2. The standard InChI is InChI=1S/C24H23BrN2O3S/c1-2-30-24(29)22-19-10-11-27(14-16-6-4-3-5-7-16)15-21(19)31-23(22)26-13-17-12-18(25)8-9-20(17)28/h3-9,12-13,28H,2,10-11,14-15H2,1H3. The van der Waals surface area contributed by atoms with E-state index in [1.807, 2.05) is 6.07 Å². The van der Waals surface area contributed by atoms with Crippen LogP contribution in [0.25, 0.3) is 0 Å². The van der Waals surface area contributed by atoms with Gasteiger partial charge in [-0.15, -0.1) is 11.3 Å². The third-order valence-corrected chi connectivity index (χ3v) is 6.77. The highest BCUT2D eigenvalue weighted by molar-refractivity contribution is 9.10. The first-order valence-electron chi connectivity index (χ1n) is 10.2. The number of phenols is 1. The number of ether oxygens (including phenoxy) is 1. The van der Waals surface area contributed by atoms with Gasteiger partial charge in [0.15, 0.2) is 0 Å². The van der Waals surface area contributed by atoms with Crippen LogP contribution in [0, 0.1) is 0 Å². The van der Waals surface area contributed by atoms with Gasteiger partial charge >= 0.3 is 5.97 Å². The van der Waals surface area contributed by atoms with Gasteiger partial charge in [0.05, 0.1) is 12.2 Å². The van der Waals surface area contributed by atoms with E-state index in [9.17, 15) is 9.90 Å². The van der Waals surface area contributed by atoms with Crippen molar-refractivity contribution < 1.29 is 14.6 Å². The molecular formula is C24H23BrN2O3S. The molecule has 160 valence electrons. The molecule has 0 saturated carbocycles. The highest BCUT2D eigenvalue weighted by atomic mass is 79.9. The van der Waals surface area contributed by atoms with E-state index < -0.39 is 0 Å². The van der Waals surface area contributed by atoms with Crippen molar-refractivity contribution in [2.75, 3.05) is 13.2 Å². The Balaban J connectivity index is 1.64. The molecule has 0 bridgehead atoms. The lowest BCUT2D eigenvalue weighted by Gasteiger charge is -2.27. The average molecular weight is 499 g/mol. The van der Waals surface area contributed by atoms with E-state index in [4.69, 9.17) is 4.74 Å². The monoisotopic (exact) mass is 498 g/mol. The van der Waals surface area contributed by atoms with Crippen molar-refractivity contribution in [3.05, 3.63) is 80.1 Å². The molecule has 31 heavy (non-hydrogen) atoms. The highest BCUT2D eigenvalue weighted by Crippen LogP contribution is 2.40. The maximum atomic E-state index is 12.7. The zero-order valence-corrected chi connectivity index (χ0v) is 19.6. The van der Waals surface area contributed by atoms with Crippen molar-refractivity contribution in [1.29, 1.82) is 0 Å². The van der Waals surface area contributed by atoms with Crippen LogP contribution in [0.5, 0.6) is 5.75 Å². The molecular weight excluding hydrogens is 476 g/mol. The van der Waals surface area contributed by atoms with Gasteiger partial charge in [0.2, 0.25) is 0 Å².